The fourth-order valence-electron chi connectivity index (χ4n) is 2.29. The van der Waals surface area contributed by atoms with Crippen molar-refractivity contribution in [3.05, 3.63) is 60.6 Å². The monoisotopic (exact) mass is 264 g/mol. The van der Waals surface area contributed by atoms with Gasteiger partial charge in [-0.25, -0.2) is 0 Å². The van der Waals surface area contributed by atoms with Crippen LogP contribution in [0.2, 0.25) is 0 Å². The van der Waals surface area contributed by atoms with Gasteiger partial charge in [0.15, 0.2) is 0 Å². The Labute approximate surface area is 117 Å². The van der Waals surface area contributed by atoms with Gasteiger partial charge in [-0.15, -0.1) is 0 Å². The Morgan fingerprint density at radius 3 is 2.65 bits per heavy atom. The van der Waals surface area contributed by atoms with Crippen LogP contribution in [-0.2, 0) is 0 Å². The number of nitrogens with two attached hydrogens (primary N) is 1. The van der Waals surface area contributed by atoms with Crippen LogP contribution in [0, 0.1) is 0 Å². The van der Waals surface area contributed by atoms with E-state index in [0.29, 0.717) is 5.69 Å². The Kier molecular flexibility index (Phi) is 3.21. The smallest absolute Gasteiger partial charge is 0.0951 e. The second-order valence-electron chi connectivity index (χ2n) is 4.75. The first kappa shape index (κ1) is 12.4. The Morgan fingerprint density at radius 1 is 1.05 bits per heavy atom. The van der Waals surface area contributed by atoms with E-state index in [0.717, 1.165) is 16.6 Å². The minimum Gasteiger partial charge on any atom is -0.397 e. The summed E-state index contributed by atoms with van der Waals surface area (Å²) in [5.41, 5.74) is 9.72. The molecule has 1 atom stereocenters. The normalized spacial score (nSPS) is 12.2. The molecule has 20 heavy (non-hydrogen) atoms. The van der Waals surface area contributed by atoms with Gasteiger partial charge in [-0.05, 0) is 48.9 Å². The van der Waals surface area contributed by atoms with Crippen molar-refractivity contribution in [2.45, 2.75) is 13.0 Å². The van der Waals surface area contributed by atoms with E-state index in [4.69, 9.17) is 5.73 Å². The van der Waals surface area contributed by atoms with Crippen molar-refractivity contribution >= 4 is 22.3 Å². The quantitative estimate of drug-likeness (QED) is 0.712. The average molecular weight is 264 g/mol. The maximum Gasteiger partial charge on any atom is 0.0951 e. The highest BCUT2D eigenvalue weighted by molar-refractivity contribution is 5.98. The van der Waals surface area contributed by atoms with Gasteiger partial charge in [0.25, 0.3) is 0 Å². The molecule has 2 heterocycles. The molecule has 0 spiro atoms. The molecule has 0 bridgehead atoms. The van der Waals surface area contributed by atoms with Gasteiger partial charge in [-0.2, -0.15) is 0 Å². The van der Waals surface area contributed by atoms with Crippen molar-refractivity contribution < 1.29 is 0 Å². The van der Waals surface area contributed by atoms with E-state index in [2.05, 4.69) is 22.2 Å². The third-order valence-corrected chi connectivity index (χ3v) is 3.38. The summed E-state index contributed by atoms with van der Waals surface area (Å²) in [4.78, 5) is 8.39. The molecule has 4 nitrogen and oxygen atoms in total. The molecule has 100 valence electrons. The molecule has 0 amide bonds. The Balaban J connectivity index is 1.97. The molecule has 0 radical (unpaired) electrons. The summed E-state index contributed by atoms with van der Waals surface area (Å²) in [5, 5.41) is 4.54. The van der Waals surface area contributed by atoms with Crippen LogP contribution in [0.4, 0.5) is 11.4 Å². The fraction of sp³-hybridized carbons (Fsp3) is 0.125. The van der Waals surface area contributed by atoms with Crippen LogP contribution in [0.3, 0.4) is 0 Å². The number of nitrogens with one attached hydrogen (secondary N) is 1. The van der Waals surface area contributed by atoms with Gasteiger partial charge in [-0.3, -0.25) is 9.97 Å². The average Bonchev–Trinajstić information content (AvgIpc) is 2.51. The van der Waals surface area contributed by atoms with Crippen LogP contribution in [0.15, 0.2) is 55.0 Å². The lowest BCUT2D eigenvalue weighted by molar-refractivity contribution is 0.882. The highest BCUT2D eigenvalue weighted by Crippen LogP contribution is 2.29. The van der Waals surface area contributed by atoms with Gasteiger partial charge in [0.1, 0.15) is 0 Å². The number of nitrogens with zero attached hydrogens (tertiary/aromatic N) is 2. The maximum atomic E-state index is 5.97. The van der Waals surface area contributed by atoms with Gasteiger partial charge in [0, 0.05) is 35.7 Å². The van der Waals surface area contributed by atoms with E-state index in [1.54, 1.807) is 18.6 Å². The molecule has 4 heteroatoms. The summed E-state index contributed by atoms with van der Waals surface area (Å²) in [7, 11) is 0. The molecule has 0 aliphatic heterocycles. The summed E-state index contributed by atoms with van der Waals surface area (Å²) in [6.07, 6.45) is 5.36. The lowest BCUT2D eigenvalue weighted by atomic mass is 10.1. The summed E-state index contributed by atoms with van der Waals surface area (Å²) in [6.45, 7) is 2.12. The number of nitrogen functional groups attached to an aromatic ring is 1. The number of aromatic nitrogens is 2. The standard InChI is InChI=1S/C16H16N4/c1-11(12-6-9-18-10-7-12)20-15-5-4-14(17)16-13(15)3-2-8-19-16/h2-11,20H,17H2,1H3. The van der Waals surface area contributed by atoms with Crippen molar-refractivity contribution in [3.63, 3.8) is 0 Å². The molecule has 0 aliphatic carbocycles. The number of benzene rings is 1. The third kappa shape index (κ3) is 2.28. The molecule has 0 fully saturated rings. The number of fused-ring (bicyclic) bond motifs is 1. The van der Waals surface area contributed by atoms with Crippen LogP contribution in [-0.4, -0.2) is 9.97 Å². The van der Waals surface area contributed by atoms with Crippen molar-refractivity contribution in [2.24, 2.45) is 0 Å². The Hall–Kier alpha value is -2.62. The Morgan fingerprint density at radius 2 is 1.85 bits per heavy atom. The van der Waals surface area contributed by atoms with Crippen LogP contribution < -0.4 is 11.1 Å². The van der Waals surface area contributed by atoms with Crippen molar-refractivity contribution in [3.8, 4) is 0 Å². The molecule has 1 unspecified atom stereocenters. The lowest BCUT2D eigenvalue weighted by Gasteiger charge is -2.17. The third-order valence-electron chi connectivity index (χ3n) is 3.38. The predicted octanol–water partition coefficient (Wildman–Crippen LogP) is 3.39. The van der Waals surface area contributed by atoms with Crippen LogP contribution in [0.25, 0.3) is 10.9 Å². The summed E-state index contributed by atoms with van der Waals surface area (Å²) >= 11 is 0. The van der Waals surface area contributed by atoms with Crippen LogP contribution >= 0.6 is 0 Å². The molecular formula is C16H16N4. The van der Waals surface area contributed by atoms with E-state index in [-0.39, 0.29) is 6.04 Å². The van der Waals surface area contributed by atoms with Gasteiger partial charge in [-0.1, -0.05) is 0 Å². The number of hydrogen-bond donors (Lipinski definition) is 2. The molecule has 1 aromatic carbocycles. The summed E-state index contributed by atoms with van der Waals surface area (Å²) in [6, 6.07) is 12.0. The fourth-order valence-corrected chi connectivity index (χ4v) is 2.29. The lowest BCUT2D eigenvalue weighted by Crippen LogP contribution is -2.07. The SMILES string of the molecule is CC(Nc1ccc(N)c2ncccc12)c1ccncc1. The first-order valence-electron chi connectivity index (χ1n) is 6.55. The maximum absolute atomic E-state index is 5.97. The second-order valence-corrected chi connectivity index (χ2v) is 4.75. The van der Waals surface area contributed by atoms with Crippen LogP contribution in [0.1, 0.15) is 18.5 Å². The number of anilines is 2. The van der Waals surface area contributed by atoms with Gasteiger partial charge in [0.05, 0.1) is 11.2 Å². The van der Waals surface area contributed by atoms with Crippen molar-refractivity contribution in [1.29, 1.82) is 0 Å². The highest BCUT2D eigenvalue weighted by atomic mass is 14.9. The first-order chi connectivity index (χ1) is 9.75. The molecule has 3 rings (SSSR count). The van der Waals surface area contributed by atoms with E-state index in [1.165, 1.54) is 5.56 Å². The zero-order valence-electron chi connectivity index (χ0n) is 11.2. The molecule has 3 aromatic rings. The zero-order chi connectivity index (χ0) is 13.9. The van der Waals surface area contributed by atoms with E-state index in [1.807, 2.05) is 36.4 Å². The van der Waals surface area contributed by atoms with E-state index >= 15 is 0 Å². The molecular weight excluding hydrogens is 248 g/mol. The minimum atomic E-state index is 0.185. The largest absolute Gasteiger partial charge is 0.397 e. The van der Waals surface area contributed by atoms with Crippen molar-refractivity contribution in [1.82, 2.24) is 9.97 Å². The van der Waals surface area contributed by atoms with Crippen molar-refractivity contribution in [2.75, 3.05) is 11.1 Å². The van der Waals surface area contributed by atoms with E-state index in [9.17, 15) is 0 Å². The predicted molar refractivity (Wildman–Crippen MR) is 82.4 cm³/mol. The first-order valence-corrected chi connectivity index (χ1v) is 6.55. The van der Waals surface area contributed by atoms with Crippen LogP contribution in [0.5, 0.6) is 0 Å². The highest BCUT2D eigenvalue weighted by Gasteiger charge is 2.09. The Bertz CT molecular complexity index is 725. The summed E-state index contributed by atoms with van der Waals surface area (Å²) in [5.74, 6) is 0. The molecule has 0 aliphatic rings. The van der Waals surface area contributed by atoms with Gasteiger partial charge < -0.3 is 11.1 Å². The molecule has 0 saturated carbocycles. The number of pyridine rings is 2. The molecule has 0 saturated heterocycles. The molecule has 3 N–H and O–H groups in total. The minimum absolute atomic E-state index is 0.185. The van der Waals surface area contributed by atoms with E-state index < -0.39 is 0 Å². The van der Waals surface area contributed by atoms with Gasteiger partial charge in [0.2, 0.25) is 0 Å². The number of hydrogen-bond acceptors (Lipinski definition) is 4. The topological polar surface area (TPSA) is 63.8 Å². The second kappa shape index (κ2) is 5.17. The van der Waals surface area contributed by atoms with Gasteiger partial charge >= 0.3 is 0 Å². The zero-order valence-corrected chi connectivity index (χ0v) is 11.2. The summed E-state index contributed by atoms with van der Waals surface area (Å²) < 4.78 is 0. The molecule has 2 aromatic heterocycles. The number of rotatable bonds is 3.